The van der Waals surface area contributed by atoms with Gasteiger partial charge >= 0.3 is 0 Å². The van der Waals surface area contributed by atoms with Crippen molar-refractivity contribution in [3.8, 4) is 11.5 Å². The maximum Gasteiger partial charge on any atom is 0.167 e. The molecule has 1 fully saturated rings. The smallest absolute Gasteiger partial charge is 0.167 e. The van der Waals surface area contributed by atoms with Gasteiger partial charge in [-0.3, -0.25) is 0 Å². The molecule has 0 atom stereocenters. The number of rotatable bonds is 1. The van der Waals surface area contributed by atoms with Crippen molar-refractivity contribution in [3.63, 3.8) is 0 Å². The van der Waals surface area contributed by atoms with E-state index in [0.717, 1.165) is 29.9 Å². The molecule has 0 aromatic heterocycles. The molecular weight excluding hydrogens is 214 g/mol. The van der Waals surface area contributed by atoms with Gasteiger partial charge in [-0.05, 0) is 25.0 Å². The number of benzene rings is 1. The Kier molecular flexibility index (Phi) is 1.88. The number of nitrogens with two attached hydrogens (primary N) is 1. The zero-order valence-electron chi connectivity index (χ0n) is 8.25. The first kappa shape index (κ1) is 9.31. The first-order valence-electron chi connectivity index (χ1n) is 5.08. The highest BCUT2D eigenvalue weighted by Crippen LogP contribution is 2.52. The molecule has 1 heterocycles. The van der Waals surface area contributed by atoms with Gasteiger partial charge in [-0.1, -0.05) is 11.6 Å². The van der Waals surface area contributed by atoms with E-state index in [-0.39, 0.29) is 5.54 Å². The largest absolute Gasteiger partial charge is 0.486 e. The van der Waals surface area contributed by atoms with Crippen molar-refractivity contribution in [3.05, 3.63) is 22.7 Å². The van der Waals surface area contributed by atoms with E-state index in [9.17, 15) is 0 Å². The van der Waals surface area contributed by atoms with Gasteiger partial charge < -0.3 is 15.2 Å². The minimum absolute atomic E-state index is 0.289. The molecule has 1 saturated carbocycles. The zero-order chi connectivity index (χ0) is 10.5. The van der Waals surface area contributed by atoms with Crippen LogP contribution in [-0.2, 0) is 5.54 Å². The summed E-state index contributed by atoms with van der Waals surface area (Å²) in [6.45, 7) is 1.15. The van der Waals surface area contributed by atoms with Crippen molar-refractivity contribution in [2.45, 2.75) is 18.4 Å². The fourth-order valence-corrected chi connectivity index (χ4v) is 2.28. The summed E-state index contributed by atoms with van der Waals surface area (Å²) in [6.07, 6.45) is 1.93. The van der Waals surface area contributed by atoms with E-state index in [1.807, 2.05) is 12.1 Å². The molecule has 2 aliphatic rings. The van der Waals surface area contributed by atoms with Crippen LogP contribution in [0.25, 0.3) is 0 Å². The lowest BCUT2D eigenvalue weighted by atomic mass is 10.0. The van der Waals surface area contributed by atoms with Crippen LogP contribution in [0.5, 0.6) is 11.5 Å². The molecule has 1 aliphatic carbocycles. The number of ether oxygens (including phenoxy) is 2. The summed E-state index contributed by atoms with van der Waals surface area (Å²) in [5, 5.41) is 0.680. The van der Waals surface area contributed by atoms with Gasteiger partial charge in [0.2, 0.25) is 0 Å². The summed E-state index contributed by atoms with van der Waals surface area (Å²) in [5.74, 6) is 1.51. The van der Waals surface area contributed by atoms with E-state index in [2.05, 4.69) is 0 Å². The van der Waals surface area contributed by atoms with E-state index in [1.54, 1.807) is 0 Å². The standard InChI is InChI=1S/C11H12ClNO2/c12-7-1-2-8-10(15-6-5-14-8)9(7)11(13)3-4-11/h1-2H,3-6,13H2. The summed E-state index contributed by atoms with van der Waals surface area (Å²) in [7, 11) is 0. The predicted molar refractivity (Wildman–Crippen MR) is 57.5 cm³/mol. The fraction of sp³-hybridized carbons (Fsp3) is 0.455. The van der Waals surface area contributed by atoms with E-state index in [0.29, 0.717) is 18.2 Å². The summed E-state index contributed by atoms with van der Waals surface area (Å²) < 4.78 is 11.1. The zero-order valence-corrected chi connectivity index (χ0v) is 9.01. The number of hydrogen-bond acceptors (Lipinski definition) is 3. The summed E-state index contributed by atoms with van der Waals surface area (Å²) >= 11 is 6.17. The third kappa shape index (κ3) is 1.38. The lowest BCUT2D eigenvalue weighted by Crippen LogP contribution is -2.24. The van der Waals surface area contributed by atoms with E-state index < -0.39 is 0 Å². The third-order valence-electron chi connectivity index (χ3n) is 2.94. The number of fused-ring (bicyclic) bond motifs is 1. The minimum Gasteiger partial charge on any atom is -0.486 e. The first-order chi connectivity index (χ1) is 7.21. The highest BCUT2D eigenvalue weighted by Gasteiger charge is 2.45. The topological polar surface area (TPSA) is 44.5 Å². The second-order valence-electron chi connectivity index (χ2n) is 4.10. The first-order valence-corrected chi connectivity index (χ1v) is 5.46. The molecule has 80 valence electrons. The second-order valence-corrected chi connectivity index (χ2v) is 4.51. The summed E-state index contributed by atoms with van der Waals surface area (Å²) in [4.78, 5) is 0. The van der Waals surface area contributed by atoms with Crippen molar-refractivity contribution in [2.24, 2.45) is 5.73 Å². The van der Waals surface area contributed by atoms with Gasteiger partial charge in [0.15, 0.2) is 11.5 Å². The van der Waals surface area contributed by atoms with Gasteiger partial charge in [0, 0.05) is 16.1 Å². The lowest BCUT2D eigenvalue weighted by Gasteiger charge is -2.24. The van der Waals surface area contributed by atoms with Crippen LogP contribution in [0.15, 0.2) is 12.1 Å². The third-order valence-corrected chi connectivity index (χ3v) is 3.26. The van der Waals surface area contributed by atoms with Crippen molar-refractivity contribution in [2.75, 3.05) is 13.2 Å². The van der Waals surface area contributed by atoms with Crippen LogP contribution in [0.2, 0.25) is 5.02 Å². The Balaban J connectivity index is 2.18. The molecule has 0 amide bonds. The van der Waals surface area contributed by atoms with Gasteiger partial charge in [-0.15, -0.1) is 0 Å². The molecule has 15 heavy (non-hydrogen) atoms. The average molecular weight is 226 g/mol. The Morgan fingerprint density at radius 1 is 1.20 bits per heavy atom. The normalized spacial score (nSPS) is 21.2. The number of hydrogen-bond donors (Lipinski definition) is 1. The highest BCUT2D eigenvalue weighted by atomic mass is 35.5. The highest BCUT2D eigenvalue weighted by molar-refractivity contribution is 6.31. The molecular formula is C11H12ClNO2. The predicted octanol–water partition coefficient (Wildman–Crippen LogP) is 2.06. The van der Waals surface area contributed by atoms with Gasteiger partial charge in [0.05, 0.1) is 0 Å². The Morgan fingerprint density at radius 2 is 1.93 bits per heavy atom. The maximum absolute atomic E-state index is 6.17. The SMILES string of the molecule is NC1(c2c(Cl)ccc3c2OCCO3)CC1. The summed E-state index contributed by atoms with van der Waals surface area (Å²) in [5.41, 5.74) is 6.80. The van der Waals surface area contributed by atoms with Crippen LogP contribution >= 0.6 is 11.6 Å². The monoisotopic (exact) mass is 225 g/mol. The maximum atomic E-state index is 6.17. The molecule has 1 aromatic carbocycles. The van der Waals surface area contributed by atoms with Gasteiger partial charge in [0.1, 0.15) is 13.2 Å². The molecule has 1 aliphatic heterocycles. The average Bonchev–Trinajstić information content (AvgIpc) is 2.97. The Hall–Kier alpha value is -0.930. The molecule has 4 heteroatoms. The van der Waals surface area contributed by atoms with E-state index >= 15 is 0 Å². The van der Waals surface area contributed by atoms with Gasteiger partial charge in [0.25, 0.3) is 0 Å². The quantitative estimate of drug-likeness (QED) is 0.796. The Labute approximate surface area is 93.1 Å². The Morgan fingerprint density at radius 3 is 2.67 bits per heavy atom. The van der Waals surface area contributed by atoms with Crippen molar-refractivity contribution < 1.29 is 9.47 Å². The van der Waals surface area contributed by atoms with Crippen molar-refractivity contribution in [1.29, 1.82) is 0 Å². The fourth-order valence-electron chi connectivity index (χ4n) is 1.94. The van der Waals surface area contributed by atoms with Crippen LogP contribution in [0.4, 0.5) is 0 Å². The van der Waals surface area contributed by atoms with E-state index in [4.69, 9.17) is 26.8 Å². The van der Waals surface area contributed by atoms with Crippen LogP contribution in [-0.4, -0.2) is 13.2 Å². The second kappa shape index (κ2) is 3.03. The van der Waals surface area contributed by atoms with Gasteiger partial charge in [-0.2, -0.15) is 0 Å². The number of halogens is 1. The molecule has 3 nitrogen and oxygen atoms in total. The molecule has 0 bridgehead atoms. The molecule has 1 aromatic rings. The van der Waals surface area contributed by atoms with Crippen LogP contribution < -0.4 is 15.2 Å². The molecule has 0 spiro atoms. The van der Waals surface area contributed by atoms with Crippen molar-refractivity contribution in [1.82, 2.24) is 0 Å². The Bertz CT molecular complexity index is 415. The van der Waals surface area contributed by atoms with Crippen LogP contribution in [0, 0.1) is 0 Å². The lowest BCUT2D eigenvalue weighted by molar-refractivity contribution is 0.169. The molecule has 2 N–H and O–H groups in total. The summed E-state index contributed by atoms with van der Waals surface area (Å²) in [6, 6.07) is 3.67. The molecule has 0 radical (unpaired) electrons. The minimum atomic E-state index is -0.289. The molecule has 0 unspecified atom stereocenters. The van der Waals surface area contributed by atoms with Crippen molar-refractivity contribution >= 4 is 11.6 Å². The van der Waals surface area contributed by atoms with Gasteiger partial charge in [-0.25, -0.2) is 0 Å². The van der Waals surface area contributed by atoms with Crippen LogP contribution in [0.3, 0.4) is 0 Å². The molecule has 3 rings (SSSR count). The van der Waals surface area contributed by atoms with E-state index in [1.165, 1.54) is 0 Å². The van der Waals surface area contributed by atoms with Crippen LogP contribution in [0.1, 0.15) is 18.4 Å². The molecule has 0 saturated heterocycles.